The Morgan fingerprint density at radius 1 is 0.426 bits per heavy atom. The quantitative estimate of drug-likeness (QED) is 0.0346. The lowest BCUT2D eigenvalue weighted by Gasteiger charge is -2.35. The Balaban J connectivity index is 0.596. The van der Waals surface area contributed by atoms with E-state index < -0.39 is 56.9 Å². The van der Waals surface area contributed by atoms with Gasteiger partial charge in [0.15, 0.2) is 0 Å². The number of carboxylic acids is 2. The molecule has 4 aromatic rings. The molecule has 2 aliphatic carbocycles. The minimum absolute atomic E-state index is 0.0242. The topological polar surface area (TPSA) is 312 Å². The van der Waals surface area contributed by atoms with Gasteiger partial charge in [-0.15, -0.1) is 0 Å². The molecule has 6 N–H and O–H groups in total. The van der Waals surface area contributed by atoms with Crippen LogP contribution in [0.25, 0.3) is 0 Å². The summed E-state index contributed by atoms with van der Waals surface area (Å²) in [5, 5.41) is 24.3. The highest BCUT2D eigenvalue weighted by atomic mass is 32.2. The van der Waals surface area contributed by atoms with Gasteiger partial charge in [-0.2, -0.15) is 0 Å². The van der Waals surface area contributed by atoms with Crippen molar-refractivity contribution in [2.75, 3.05) is 171 Å². The molecule has 26 nitrogen and oxygen atoms in total. The number of nitrogens with zero attached hydrogens (tertiary/aromatic N) is 4. The van der Waals surface area contributed by atoms with E-state index in [2.05, 4.69) is 66.3 Å². The number of fused-ring (bicyclic) bond motifs is 2. The van der Waals surface area contributed by atoms with Crippen molar-refractivity contribution in [1.82, 2.24) is 39.7 Å². The largest absolute Gasteiger partial charge is 0.484 e. The van der Waals surface area contributed by atoms with Gasteiger partial charge in [0.1, 0.15) is 23.7 Å². The van der Waals surface area contributed by atoms with Crippen molar-refractivity contribution in [3.63, 3.8) is 0 Å². The standard InChI is InChI=1S/C66H94N8O18S2/c75-61(67-23-33-85-37-41-89-43-39-87-35-25-69-93(81,82)55-19-15-53(16-20-55)91-65-57-13-5-3-11-51(57)45-59(65)73-27-7-1-8-28-73)47-71(49-63(77)78)31-32-72(50-64(79)80)48-62(76)68-24-34-86-38-42-90-44-40-88-36-26-70-94(83,84)56-21-17-54(18-22-56)92-66-58-14-6-4-12-52(58)46-60(66)74-29-9-2-10-30-74/h3-6,11-22,59-60,65-66,69-70H,1-2,7-10,23-50H2,(H,67,75)(H,68,76)(H,77,78)(H,79,80). The molecule has 518 valence electrons. The fourth-order valence-corrected chi connectivity index (χ4v) is 14.1. The number of benzene rings is 4. The number of hydrogen-bond acceptors (Lipinski definition) is 20. The minimum Gasteiger partial charge on any atom is -0.484 e. The van der Waals surface area contributed by atoms with Crippen LogP contribution in [0, 0.1) is 0 Å². The predicted molar refractivity (Wildman–Crippen MR) is 348 cm³/mol. The molecule has 0 saturated carbocycles. The minimum atomic E-state index is -3.78. The summed E-state index contributed by atoms with van der Waals surface area (Å²) in [5.41, 5.74) is 4.94. The SMILES string of the molecule is O=C(O)CN(CCN(CC(=O)O)CC(=O)NCCOCCOCCOCCNS(=O)(=O)c1ccc(OC2c3ccccc3CC2N2CCCCC2)cc1)CC(=O)NCCOCCOCCOCCNS(=O)(=O)c1ccc(OC2c3ccccc3CC2N2CCCCC2)cc1. The number of nitrogens with one attached hydrogen (secondary N) is 4. The Bertz CT molecular complexity index is 2980. The maximum atomic E-state index is 13.0. The van der Waals surface area contributed by atoms with Gasteiger partial charge in [0.05, 0.1) is 127 Å². The van der Waals surface area contributed by atoms with Crippen LogP contribution in [0.3, 0.4) is 0 Å². The van der Waals surface area contributed by atoms with E-state index in [1.807, 2.05) is 12.1 Å². The molecule has 0 aromatic heterocycles. The van der Waals surface area contributed by atoms with E-state index in [-0.39, 0.29) is 166 Å². The van der Waals surface area contributed by atoms with Gasteiger partial charge in [0.25, 0.3) is 0 Å². The molecular weight excluding hydrogens is 1260 g/mol. The van der Waals surface area contributed by atoms with Crippen LogP contribution in [-0.2, 0) is 80.5 Å². The number of sulfonamides is 2. The van der Waals surface area contributed by atoms with Crippen molar-refractivity contribution in [2.45, 2.75) is 85.4 Å². The number of hydrogen-bond donors (Lipinski definition) is 6. The molecule has 4 unspecified atom stereocenters. The number of carboxylic acid groups (broad SMARTS) is 2. The van der Waals surface area contributed by atoms with Crippen molar-refractivity contribution < 1.29 is 84.1 Å². The van der Waals surface area contributed by atoms with Gasteiger partial charge in [-0.25, -0.2) is 26.3 Å². The molecule has 0 radical (unpaired) electrons. The van der Waals surface area contributed by atoms with Gasteiger partial charge in [-0.05, 0) is 135 Å². The number of amides is 2. The molecule has 2 aliphatic heterocycles. The monoisotopic (exact) mass is 1350 g/mol. The third-order valence-electron chi connectivity index (χ3n) is 16.7. The summed E-state index contributed by atoms with van der Waals surface area (Å²) in [4.78, 5) is 56.7. The Morgan fingerprint density at radius 3 is 1.11 bits per heavy atom. The van der Waals surface area contributed by atoms with Crippen LogP contribution in [0.4, 0.5) is 0 Å². The fraction of sp³-hybridized carbons (Fsp3) is 0.576. The van der Waals surface area contributed by atoms with Crippen LogP contribution < -0.4 is 29.6 Å². The van der Waals surface area contributed by atoms with Crippen molar-refractivity contribution in [3.05, 3.63) is 119 Å². The fourth-order valence-electron chi connectivity index (χ4n) is 12.1. The van der Waals surface area contributed by atoms with Crippen LogP contribution in [0.1, 0.15) is 73.0 Å². The van der Waals surface area contributed by atoms with Gasteiger partial charge < -0.3 is 58.7 Å². The average Bonchev–Trinajstić information content (AvgIpc) is 1.64. The molecule has 94 heavy (non-hydrogen) atoms. The lowest BCUT2D eigenvalue weighted by Crippen LogP contribution is -2.47. The molecule has 2 amide bonds. The van der Waals surface area contributed by atoms with Crippen LogP contribution >= 0.6 is 0 Å². The molecule has 4 aromatic carbocycles. The summed E-state index contributed by atoms with van der Waals surface area (Å²) in [5.74, 6) is -2.13. The van der Waals surface area contributed by atoms with Gasteiger partial charge in [-0.3, -0.25) is 38.8 Å². The van der Waals surface area contributed by atoms with E-state index >= 15 is 0 Å². The molecule has 0 spiro atoms. The molecule has 2 heterocycles. The summed E-state index contributed by atoms with van der Waals surface area (Å²) >= 11 is 0. The lowest BCUT2D eigenvalue weighted by atomic mass is 10.0. The summed E-state index contributed by atoms with van der Waals surface area (Å²) in [6, 6.07) is 30.2. The molecule has 28 heteroatoms. The second-order valence-electron chi connectivity index (χ2n) is 23.5. The van der Waals surface area contributed by atoms with Crippen molar-refractivity contribution >= 4 is 43.8 Å². The van der Waals surface area contributed by atoms with E-state index in [4.69, 9.17) is 37.9 Å². The molecule has 0 bridgehead atoms. The third kappa shape index (κ3) is 24.5. The van der Waals surface area contributed by atoms with Crippen molar-refractivity contribution in [2.24, 2.45) is 0 Å². The zero-order valence-electron chi connectivity index (χ0n) is 53.6. The third-order valence-corrected chi connectivity index (χ3v) is 19.6. The molecular formula is C66H94N8O18S2. The Kier molecular flexibility index (Phi) is 30.6. The number of carbonyl (C=O) groups is 4. The first-order valence-corrected chi connectivity index (χ1v) is 35.6. The van der Waals surface area contributed by atoms with E-state index in [0.717, 1.165) is 39.0 Å². The molecule has 2 saturated heterocycles. The second-order valence-corrected chi connectivity index (χ2v) is 27.1. The zero-order chi connectivity index (χ0) is 66.4. The number of carbonyl (C=O) groups excluding carboxylic acids is 2. The highest BCUT2D eigenvalue weighted by Gasteiger charge is 2.40. The average molecular weight is 1350 g/mol. The zero-order valence-corrected chi connectivity index (χ0v) is 55.3. The van der Waals surface area contributed by atoms with Crippen LogP contribution in [-0.4, -0.2) is 253 Å². The molecule has 8 rings (SSSR count). The number of ether oxygens (including phenoxy) is 8. The first-order valence-electron chi connectivity index (χ1n) is 32.7. The van der Waals surface area contributed by atoms with E-state index in [1.165, 1.54) is 70.6 Å². The maximum absolute atomic E-state index is 13.0. The van der Waals surface area contributed by atoms with Gasteiger partial charge in [0, 0.05) is 39.3 Å². The smallest absolute Gasteiger partial charge is 0.317 e. The second kappa shape index (κ2) is 39.1. The highest BCUT2D eigenvalue weighted by Crippen LogP contribution is 2.41. The Morgan fingerprint density at radius 2 is 0.755 bits per heavy atom. The molecule has 4 atom stereocenters. The first-order chi connectivity index (χ1) is 45.6. The predicted octanol–water partition coefficient (Wildman–Crippen LogP) is 3.11. The number of aliphatic carboxylic acids is 2. The van der Waals surface area contributed by atoms with Gasteiger partial charge in [-0.1, -0.05) is 61.4 Å². The lowest BCUT2D eigenvalue weighted by molar-refractivity contribution is -0.141. The number of likely N-dealkylation sites (tertiary alicyclic amines) is 2. The van der Waals surface area contributed by atoms with Crippen LogP contribution in [0.2, 0.25) is 0 Å². The summed E-state index contributed by atoms with van der Waals surface area (Å²) in [6.45, 7) is 5.32. The summed E-state index contributed by atoms with van der Waals surface area (Å²) in [6.07, 6.45) is 8.80. The normalized spacial score (nSPS) is 18.4. The summed E-state index contributed by atoms with van der Waals surface area (Å²) in [7, 11) is -7.57. The Hall–Kier alpha value is -6.22. The van der Waals surface area contributed by atoms with Crippen LogP contribution in [0.5, 0.6) is 11.5 Å². The maximum Gasteiger partial charge on any atom is 0.317 e. The summed E-state index contributed by atoms with van der Waals surface area (Å²) < 4.78 is 104. The first kappa shape index (κ1) is 73.6. The number of rotatable bonds is 45. The molecule has 4 aliphatic rings. The van der Waals surface area contributed by atoms with Crippen molar-refractivity contribution in [1.29, 1.82) is 0 Å². The number of piperidine rings is 2. The van der Waals surface area contributed by atoms with Crippen LogP contribution in [0.15, 0.2) is 107 Å². The highest BCUT2D eigenvalue weighted by molar-refractivity contribution is 7.89. The van der Waals surface area contributed by atoms with E-state index in [9.17, 15) is 46.2 Å². The van der Waals surface area contributed by atoms with Gasteiger partial charge >= 0.3 is 11.9 Å². The van der Waals surface area contributed by atoms with Gasteiger partial charge in [0.2, 0.25) is 31.9 Å². The molecule has 2 fully saturated rings. The van der Waals surface area contributed by atoms with Crippen molar-refractivity contribution in [3.8, 4) is 11.5 Å². The van der Waals surface area contributed by atoms with E-state index in [0.29, 0.717) is 11.5 Å². The van der Waals surface area contributed by atoms with E-state index in [1.54, 1.807) is 48.5 Å². The Labute approximate surface area is 552 Å².